The molecule has 3 heterocycles. The molecule has 4 rings (SSSR count). The van der Waals surface area contributed by atoms with Crippen LogP contribution in [-0.2, 0) is 24.2 Å². The van der Waals surface area contributed by atoms with E-state index in [-0.39, 0.29) is 12.5 Å². The zero-order valence-electron chi connectivity index (χ0n) is 15.8. The first-order chi connectivity index (χ1) is 13.2. The molecule has 1 aliphatic carbocycles. The van der Waals surface area contributed by atoms with E-state index in [1.807, 2.05) is 6.07 Å². The van der Waals surface area contributed by atoms with Gasteiger partial charge in [-0.15, -0.1) is 10.2 Å². The minimum atomic E-state index is -0.104. The minimum Gasteiger partial charge on any atom is -0.466 e. The standard InChI is InChI=1S/C19H26N6O2/c1-24(12-16-14-6-2-3-7-15(14)20-21-16)19(26)13-27-18-9-8-17(22-23-18)25-10-4-5-11-25/h8-9H,2-7,10-13H2,1H3,(H,20,21). The van der Waals surface area contributed by atoms with E-state index in [9.17, 15) is 4.79 Å². The van der Waals surface area contributed by atoms with Crippen molar-refractivity contribution in [3.05, 3.63) is 29.1 Å². The molecule has 8 nitrogen and oxygen atoms in total. The molecule has 0 unspecified atom stereocenters. The summed E-state index contributed by atoms with van der Waals surface area (Å²) in [6, 6.07) is 3.68. The second-order valence-electron chi connectivity index (χ2n) is 7.30. The smallest absolute Gasteiger partial charge is 0.260 e. The van der Waals surface area contributed by atoms with Gasteiger partial charge in [-0.25, -0.2) is 0 Å². The third kappa shape index (κ3) is 4.04. The van der Waals surface area contributed by atoms with E-state index in [0.717, 1.165) is 37.4 Å². The number of hydrogen-bond donors (Lipinski definition) is 1. The molecule has 0 aromatic carbocycles. The maximum Gasteiger partial charge on any atom is 0.260 e. The number of fused-ring (bicyclic) bond motifs is 1. The maximum absolute atomic E-state index is 12.4. The fraction of sp³-hybridized carbons (Fsp3) is 0.579. The number of aryl methyl sites for hydroxylation is 1. The van der Waals surface area contributed by atoms with Crippen LogP contribution in [-0.4, -0.2) is 57.9 Å². The van der Waals surface area contributed by atoms with Gasteiger partial charge < -0.3 is 14.5 Å². The number of ether oxygens (including phenoxy) is 1. The van der Waals surface area contributed by atoms with Crippen molar-refractivity contribution in [2.75, 3.05) is 31.6 Å². The maximum atomic E-state index is 12.4. The molecule has 1 N–H and O–H groups in total. The van der Waals surface area contributed by atoms with Crippen LogP contribution in [0.4, 0.5) is 5.82 Å². The molecule has 1 aliphatic heterocycles. The molecule has 2 aliphatic rings. The van der Waals surface area contributed by atoms with Crippen molar-refractivity contribution in [1.82, 2.24) is 25.3 Å². The third-order valence-corrected chi connectivity index (χ3v) is 5.35. The Labute approximate surface area is 158 Å². The van der Waals surface area contributed by atoms with E-state index >= 15 is 0 Å². The fourth-order valence-electron chi connectivity index (χ4n) is 3.74. The first-order valence-electron chi connectivity index (χ1n) is 9.71. The lowest BCUT2D eigenvalue weighted by Crippen LogP contribution is -2.31. The number of aromatic nitrogens is 4. The Balaban J connectivity index is 1.29. The predicted octanol–water partition coefficient (Wildman–Crippen LogP) is 1.72. The number of carbonyl (C=O) groups excluding carboxylic acids is 1. The van der Waals surface area contributed by atoms with Crippen LogP contribution in [0.2, 0.25) is 0 Å². The molecule has 0 atom stereocenters. The summed E-state index contributed by atoms with van der Waals surface area (Å²) >= 11 is 0. The van der Waals surface area contributed by atoms with E-state index in [0.29, 0.717) is 12.4 Å². The molecule has 8 heteroatoms. The topological polar surface area (TPSA) is 87.2 Å². The number of anilines is 1. The summed E-state index contributed by atoms with van der Waals surface area (Å²) < 4.78 is 5.53. The van der Waals surface area contributed by atoms with Gasteiger partial charge in [-0.2, -0.15) is 5.10 Å². The molecule has 2 aromatic rings. The Kier molecular flexibility index (Phi) is 5.22. The number of amides is 1. The lowest BCUT2D eigenvalue weighted by molar-refractivity contribution is -0.132. The van der Waals surface area contributed by atoms with Crippen LogP contribution in [0.25, 0.3) is 0 Å². The fourth-order valence-corrected chi connectivity index (χ4v) is 3.74. The average Bonchev–Trinajstić information content (AvgIpc) is 3.37. The van der Waals surface area contributed by atoms with E-state index in [1.165, 1.54) is 36.9 Å². The Bertz CT molecular complexity index is 782. The average molecular weight is 370 g/mol. The van der Waals surface area contributed by atoms with Crippen molar-refractivity contribution in [2.24, 2.45) is 0 Å². The normalized spacial score (nSPS) is 16.3. The molecule has 0 spiro atoms. The van der Waals surface area contributed by atoms with Crippen molar-refractivity contribution < 1.29 is 9.53 Å². The van der Waals surface area contributed by atoms with Gasteiger partial charge in [0.1, 0.15) is 0 Å². The predicted molar refractivity (Wildman–Crippen MR) is 101 cm³/mol. The summed E-state index contributed by atoms with van der Waals surface area (Å²) in [7, 11) is 1.78. The molecule has 1 amide bonds. The van der Waals surface area contributed by atoms with Crippen LogP contribution in [0.15, 0.2) is 12.1 Å². The molecular formula is C19H26N6O2. The van der Waals surface area contributed by atoms with E-state index in [2.05, 4.69) is 25.3 Å². The van der Waals surface area contributed by atoms with Gasteiger partial charge >= 0.3 is 0 Å². The second kappa shape index (κ2) is 7.94. The number of aromatic amines is 1. The van der Waals surface area contributed by atoms with E-state index in [1.54, 1.807) is 18.0 Å². The quantitative estimate of drug-likeness (QED) is 0.833. The molecule has 0 radical (unpaired) electrons. The molecule has 0 saturated carbocycles. The zero-order chi connectivity index (χ0) is 18.6. The van der Waals surface area contributed by atoms with Gasteiger partial charge in [-0.1, -0.05) is 0 Å². The number of nitrogens with zero attached hydrogens (tertiary/aromatic N) is 5. The lowest BCUT2D eigenvalue weighted by atomic mass is 9.96. The molecule has 144 valence electrons. The summed E-state index contributed by atoms with van der Waals surface area (Å²) in [6.45, 7) is 2.48. The van der Waals surface area contributed by atoms with Crippen molar-refractivity contribution in [2.45, 2.75) is 45.1 Å². The highest BCUT2D eigenvalue weighted by molar-refractivity contribution is 5.77. The van der Waals surface area contributed by atoms with Crippen LogP contribution in [0, 0.1) is 0 Å². The van der Waals surface area contributed by atoms with Crippen molar-refractivity contribution in [3.63, 3.8) is 0 Å². The van der Waals surface area contributed by atoms with Crippen LogP contribution in [0.5, 0.6) is 5.88 Å². The number of rotatable bonds is 6. The van der Waals surface area contributed by atoms with Gasteiger partial charge in [-0.05, 0) is 50.2 Å². The molecular weight excluding hydrogens is 344 g/mol. The van der Waals surface area contributed by atoms with Gasteiger partial charge in [0.15, 0.2) is 12.4 Å². The summed E-state index contributed by atoms with van der Waals surface area (Å²) in [4.78, 5) is 16.3. The number of hydrogen-bond acceptors (Lipinski definition) is 6. The van der Waals surface area contributed by atoms with Crippen LogP contribution >= 0.6 is 0 Å². The first kappa shape index (κ1) is 17.8. The molecule has 1 fully saturated rings. The summed E-state index contributed by atoms with van der Waals surface area (Å²) in [5.74, 6) is 1.14. The van der Waals surface area contributed by atoms with Crippen molar-refractivity contribution in [3.8, 4) is 5.88 Å². The number of H-pyrrole nitrogens is 1. The van der Waals surface area contributed by atoms with Gasteiger partial charge in [0.05, 0.1) is 12.2 Å². The monoisotopic (exact) mass is 370 g/mol. The molecule has 1 saturated heterocycles. The van der Waals surface area contributed by atoms with Gasteiger partial charge in [0, 0.05) is 31.9 Å². The molecule has 27 heavy (non-hydrogen) atoms. The Morgan fingerprint density at radius 1 is 1.19 bits per heavy atom. The lowest BCUT2D eigenvalue weighted by Gasteiger charge is -2.18. The second-order valence-corrected chi connectivity index (χ2v) is 7.30. The zero-order valence-corrected chi connectivity index (χ0v) is 15.8. The Morgan fingerprint density at radius 3 is 2.78 bits per heavy atom. The highest BCUT2D eigenvalue weighted by Gasteiger charge is 2.20. The van der Waals surface area contributed by atoms with Crippen molar-refractivity contribution >= 4 is 11.7 Å². The summed E-state index contributed by atoms with van der Waals surface area (Å²) in [6.07, 6.45) is 6.87. The molecule has 2 aromatic heterocycles. The summed E-state index contributed by atoms with van der Waals surface area (Å²) in [5.41, 5.74) is 3.47. The number of carbonyl (C=O) groups is 1. The largest absolute Gasteiger partial charge is 0.466 e. The number of nitrogens with one attached hydrogen (secondary N) is 1. The first-order valence-corrected chi connectivity index (χ1v) is 9.71. The minimum absolute atomic E-state index is 0.0547. The Hall–Kier alpha value is -2.64. The SMILES string of the molecule is CN(Cc1n[nH]c2c1CCCC2)C(=O)COc1ccc(N2CCCC2)nn1. The molecule has 0 bridgehead atoms. The van der Waals surface area contributed by atoms with Crippen LogP contribution in [0.3, 0.4) is 0 Å². The van der Waals surface area contributed by atoms with E-state index in [4.69, 9.17) is 4.74 Å². The third-order valence-electron chi connectivity index (χ3n) is 5.35. The Morgan fingerprint density at radius 2 is 2.00 bits per heavy atom. The van der Waals surface area contributed by atoms with Crippen LogP contribution in [0.1, 0.15) is 42.6 Å². The highest BCUT2D eigenvalue weighted by Crippen LogP contribution is 2.23. The van der Waals surface area contributed by atoms with Crippen LogP contribution < -0.4 is 9.64 Å². The van der Waals surface area contributed by atoms with Gasteiger partial charge in [-0.3, -0.25) is 9.89 Å². The number of likely N-dealkylation sites (N-methyl/N-ethyl adjacent to an activating group) is 1. The van der Waals surface area contributed by atoms with Gasteiger partial charge in [0.2, 0.25) is 5.88 Å². The van der Waals surface area contributed by atoms with Crippen molar-refractivity contribution in [1.29, 1.82) is 0 Å². The highest BCUT2D eigenvalue weighted by atomic mass is 16.5. The van der Waals surface area contributed by atoms with Gasteiger partial charge in [0.25, 0.3) is 5.91 Å². The summed E-state index contributed by atoms with van der Waals surface area (Å²) in [5, 5.41) is 15.8. The van der Waals surface area contributed by atoms with E-state index < -0.39 is 0 Å².